The smallest absolute Gasteiger partial charge is 0.191 e. The van der Waals surface area contributed by atoms with Crippen LogP contribution in [-0.2, 0) is 26.7 Å². The molecular formula is C24H39N7. The number of aryl methyl sites for hydroxylation is 2. The van der Waals surface area contributed by atoms with Crippen LogP contribution in [0.15, 0.2) is 29.3 Å². The van der Waals surface area contributed by atoms with Gasteiger partial charge < -0.3 is 15.5 Å². The van der Waals surface area contributed by atoms with Crippen LogP contribution in [-0.4, -0.2) is 64.8 Å². The lowest BCUT2D eigenvalue weighted by atomic mass is 10.1. The van der Waals surface area contributed by atoms with Crippen LogP contribution in [0.1, 0.15) is 41.9 Å². The number of hydrogen-bond donors (Lipinski definition) is 2. The van der Waals surface area contributed by atoms with E-state index in [1.165, 1.54) is 35.5 Å². The van der Waals surface area contributed by atoms with E-state index in [2.05, 4.69) is 77.5 Å². The molecule has 0 atom stereocenters. The summed E-state index contributed by atoms with van der Waals surface area (Å²) in [5.74, 6) is 0.844. The van der Waals surface area contributed by atoms with Gasteiger partial charge in [0, 0.05) is 64.1 Å². The molecule has 31 heavy (non-hydrogen) atoms. The quantitative estimate of drug-likeness (QED) is 0.503. The van der Waals surface area contributed by atoms with Gasteiger partial charge in [0.1, 0.15) is 0 Å². The molecule has 0 unspecified atom stereocenters. The third-order valence-electron chi connectivity index (χ3n) is 6.27. The molecule has 7 nitrogen and oxygen atoms in total. The molecule has 2 N–H and O–H groups in total. The Morgan fingerprint density at radius 1 is 1.00 bits per heavy atom. The molecule has 1 aromatic heterocycles. The molecule has 7 heteroatoms. The van der Waals surface area contributed by atoms with Crippen LogP contribution in [0.25, 0.3) is 0 Å². The monoisotopic (exact) mass is 425 g/mol. The minimum absolute atomic E-state index is 0.672. The van der Waals surface area contributed by atoms with Crippen molar-refractivity contribution in [2.45, 2.75) is 47.3 Å². The summed E-state index contributed by atoms with van der Waals surface area (Å²) in [5, 5.41) is 11.4. The summed E-state index contributed by atoms with van der Waals surface area (Å²) in [6.45, 7) is 17.5. The Hall–Kier alpha value is -2.38. The molecule has 0 saturated carbocycles. The number of aliphatic imine (C=N–C) groups is 1. The van der Waals surface area contributed by atoms with Gasteiger partial charge in [-0.05, 0) is 38.4 Å². The fraction of sp³-hybridized carbons (Fsp3) is 0.583. The number of piperazine rings is 1. The maximum absolute atomic E-state index is 4.88. The maximum atomic E-state index is 4.88. The zero-order valence-electron chi connectivity index (χ0n) is 19.9. The first-order chi connectivity index (χ1) is 15.0. The second-order valence-electron chi connectivity index (χ2n) is 8.30. The lowest BCUT2D eigenvalue weighted by Gasteiger charge is -2.34. The van der Waals surface area contributed by atoms with Gasteiger partial charge in [0.2, 0.25) is 0 Å². The number of nitrogens with zero attached hydrogens (tertiary/aromatic N) is 5. The van der Waals surface area contributed by atoms with Crippen molar-refractivity contribution in [1.29, 1.82) is 0 Å². The number of nitrogens with one attached hydrogen (secondary N) is 2. The Balaban J connectivity index is 1.64. The van der Waals surface area contributed by atoms with Crippen LogP contribution in [0.3, 0.4) is 0 Å². The first-order valence-corrected chi connectivity index (χ1v) is 11.5. The zero-order chi connectivity index (χ0) is 22.2. The molecule has 3 rings (SSSR count). The van der Waals surface area contributed by atoms with Crippen LogP contribution in [0.5, 0.6) is 0 Å². The molecule has 1 fully saturated rings. The van der Waals surface area contributed by atoms with Crippen molar-refractivity contribution in [2.24, 2.45) is 12.0 Å². The fourth-order valence-electron chi connectivity index (χ4n) is 4.12. The van der Waals surface area contributed by atoms with Gasteiger partial charge in [-0.1, -0.05) is 31.2 Å². The molecule has 2 aromatic rings. The van der Waals surface area contributed by atoms with Gasteiger partial charge >= 0.3 is 0 Å². The maximum Gasteiger partial charge on any atom is 0.191 e. The van der Waals surface area contributed by atoms with E-state index in [9.17, 15) is 0 Å². The molecule has 1 aliphatic rings. The highest BCUT2D eigenvalue weighted by Gasteiger charge is 2.16. The average molecular weight is 426 g/mol. The number of aromatic nitrogens is 2. The Kier molecular flexibility index (Phi) is 8.49. The molecule has 2 heterocycles. The number of rotatable bonds is 8. The SMILES string of the molecule is CCNC(=NCc1ccccc1CN1CCN(CC)CC1)NCc1c(C)nn(C)c1C. The first kappa shape index (κ1) is 23.3. The van der Waals surface area contributed by atoms with Gasteiger partial charge in [-0.15, -0.1) is 0 Å². The van der Waals surface area contributed by atoms with Crippen molar-refractivity contribution in [3.05, 3.63) is 52.3 Å². The van der Waals surface area contributed by atoms with E-state index in [-0.39, 0.29) is 0 Å². The highest BCUT2D eigenvalue weighted by atomic mass is 15.3. The second kappa shape index (κ2) is 11.3. The molecule has 1 saturated heterocycles. The fourth-order valence-corrected chi connectivity index (χ4v) is 4.12. The molecule has 0 aliphatic carbocycles. The van der Waals surface area contributed by atoms with E-state index in [0.29, 0.717) is 6.54 Å². The topological polar surface area (TPSA) is 60.7 Å². The predicted molar refractivity (Wildman–Crippen MR) is 128 cm³/mol. The van der Waals surface area contributed by atoms with Gasteiger partial charge in [-0.25, -0.2) is 4.99 Å². The summed E-state index contributed by atoms with van der Waals surface area (Å²) in [4.78, 5) is 9.97. The van der Waals surface area contributed by atoms with E-state index < -0.39 is 0 Å². The van der Waals surface area contributed by atoms with Gasteiger partial charge in [-0.3, -0.25) is 9.58 Å². The van der Waals surface area contributed by atoms with Crippen LogP contribution < -0.4 is 10.6 Å². The van der Waals surface area contributed by atoms with Crippen molar-refractivity contribution in [1.82, 2.24) is 30.2 Å². The minimum Gasteiger partial charge on any atom is -0.357 e. The molecule has 0 bridgehead atoms. The summed E-state index contributed by atoms with van der Waals surface area (Å²) >= 11 is 0. The predicted octanol–water partition coefficient (Wildman–Crippen LogP) is 2.43. The van der Waals surface area contributed by atoms with Gasteiger partial charge in [0.05, 0.1) is 12.2 Å². The average Bonchev–Trinajstić information content (AvgIpc) is 3.02. The summed E-state index contributed by atoms with van der Waals surface area (Å²) in [7, 11) is 1.99. The highest BCUT2D eigenvalue weighted by molar-refractivity contribution is 5.79. The summed E-state index contributed by atoms with van der Waals surface area (Å²) < 4.78 is 1.94. The molecule has 1 aliphatic heterocycles. The number of benzene rings is 1. The Morgan fingerprint density at radius 3 is 2.29 bits per heavy atom. The largest absolute Gasteiger partial charge is 0.357 e. The third kappa shape index (κ3) is 6.31. The van der Waals surface area contributed by atoms with Crippen LogP contribution in [0, 0.1) is 13.8 Å². The molecule has 0 spiro atoms. The van der Waals surface area contributed by atoms with Crippen LogP contribution in [0.4, 0.5) is 0 Å². The van der Waals surface area contributed by atoms with Gasteiger partial charge in [-0.2, -0.15) is 5.10 Å². The first-order valence-electron chi connectivity index (χ1n) is 11.5. The van der Waals surface area contributed by atoms with Crippen molar-refractivity contribution < 1.29 is 0 Å². The molecular weight excluding hydrogens is 386 g/mol. The lowest BCUT2D eigenvalue weighted by Crippen LogP contribution is -2.45. The molecule has 0 amide bonds. The van der Waals surface area contributed by atoms with E-state index >= 15 is 0 Å². The Bertz CT molecular complexity index is 863. The van der Waals surface area contributed by atoms with E-state index in [0.717, 1.165) is 50.9 Å². The van der Waals surface area contributed by atoms with Gasteiger partial charge in [0.25, 0.3) is 0 Å². The van der Waals surface area contributed by atoms with Crippen molar-refractivity contribution in [3.8, 4) is 0 Å². The normalized spacial score (nSPS) is 16.0. The number of guanidine groups is 1. The lowest BCUT2D eigenvalue weighted by molar-refractivity contribution is 0.131. The Morgan fingerprint density at radius 2 is 1.68 bits per heavy atom. The summed E-state index contributed by atoms with van der Waals surface area (Å²) in [6.07, 6.45) is 0. The molecule has 170 valence electrons. The van der Waals surface area contributed by atoms with Crippen molar-refractivity contribution in [2.75, 3.05) is 39.3 Å². The van der Waals surface area contributed by atoms with Gasteiger partial charge in [0.15, 0.2) is 5.96 Å². The molecule has 1 aromatic carbocycles. The third-order valence-corrected chi connectivity index (χ3v) is 6.27. The summed E-state index contributed by atoms with van der Waals surface area (Å²) in [6, 6.07) is 8.72. The van der Waals surface area contributed by atoms with Crippen molar-refractivity contribution >= 4 is 5.96 Å². The summed E-state index contributed by atoms with van der Waals surface area (Å²) in [5.41, 5.74) is 6.17. The molecule has 0 radical (unpaired) electrons. The van der Waals surface area contributed by atoms with Crippen LogP contribution >= 0.6 is 0 Å². The highest BCUT2D eigenvalue weighted by Crippen LogP contribution is 2.15. The standard InChI is InChI=1S/C24H39N7/c1-6-25-24(27-17-23-19(3)28-29(5)20(23)4)26-16-21-10-8-9-11-22(21)18-31-14-12-30(7-2)13-15-31/h8-11H,6-7,12-18H2,1-5H3,(H2,25,26,27). The van der Waals surface area contributed by atoms with Crippen molar-refractivity contribution in [3.63, 3.8) is 0 Å². The van der Waals surface area contributed by atoms with E-state index in [1.54, 1.807) is 0 Å². The number of likely N-dealkylation sites (N-methyl/N-ethyl adjacent to an activating group) is 1. The zero-order valence-corrected chi connectivity index (χ0v) is 19.9. The van der Waals surface area contributed by atoms with E-state index in [4.69, 9.17) is 4.99 Å². The van der Waals surface area contributed by atoms with Crippen LogP contribution in [0.2, 0.25) is 0 Å². The second-order valence-corrected chi connectivity index (χ2v) is 8.30. The van der Waals surface area contributed by atoms with E-state index in [1.807, 2.05) is 11.7 Å². The number of hydrogen-bond acceptors (Lipinski definition) is 4. The minimum atomic E-state index is 0.672. The Labute approximate surface area is 187 Å².